The van der Waals surface area contributed by atoms with Gasteiger partial charge in [-0.15, -0.1) is 0 Å². The Kier molecular flexibility index (Phi) is 4.27. The number of H-pyrrole nitrogens is 1. The van der Waals surface area contributed by atoms with E-state index in [4.69, 9.17) is 4.74 Å². The van der Waals surface area contributed by atoms with Gasteiger partial charge in [-0.25, -0.2) is 9.37 Å². The van der Waals surface area contributed by atoms with Crippen LogP contribution in [0, 0.1) is 12.7 Å². The van der Waals surface area contributed by atoms with E-state index in [1.54, 1.807) is 23.0 Å². The molecule has 5 rings (SSSR count). The number of hydrogen-bond acceptors (Lipinski definition) is 5. The van der Waals surface area contributed by atoms with Crippen molar-refractivity contribution in [3.63, 3.8) is 0 Å². The Morgan fingerprint density at radius 2 is 2.17 bits per heavy atom. The molecule has 0 fully saturated rings. The van der Waals surface area contributed by atoms with E-state index in [1.165, 1.54) is 12.1 Å². The molecule has 4 aromatic rings. The molecule has 2 N–H and O–H groups in total. The number of anilines is 1. The summed E-state index contributed by atoms with van der Waals surface area (Å²) in [7, 11) is 1.85. The lowest BCUT2D eigenvalue weighted by molar-refractivity contribution is 0.356. The topological polar surface area (TPSA) is 84.8 Å². The molecule has 0 saturated carbocycles. The first-order valence-corrected chi connectivity index (χ1v) is 9.71. The van der Waals surface area contributed by atoms with Gasteiger partial charge in [-0.3, -0.25) is 9.48 Å². The molecule has 0 atom stereocenters. The molecule has 0 saturated heterocycles. The number of nitrogens with one attached hydrogen (secondary N) is 2. The molecule has 8 heteroatoms. The number of aryl methyl sites for hydroxylation is 2. The SMILES string of the molecule is Cc1cc(-c2cnc(NCc3c(F)ccc4c3CCO4)c3ccc(=O)[nH]c23)n(C)n1. The van der Waals surface area contributed by atoms with Gasteiger partial charge in [0.25, 0.3) is 0 Å². The average molecular weight is 405 g/mol. The van der Waals surface area contributed by atoms with E-state index in [0.29, 0.717) is 29.9 Å². The van der Waals surface area contributed by atoms with E-state index >= 15 is 0 Å². The van der Waals surface area contributed by atoms with Crippen molar-refractivity contribution in [1.82, 2.24) is 19.7 Å². The maximum absolute atomic E-state index is 14.5. The van der Waals surface area contributed by atoms with Crippen molar-refractivity contribution in [2.45, 2.75) is 19.9 Å². The predicted octanol–water partition coefficient (Wildman–Crippen LogP) is 3.32. The average Bonchev–Trinajstić information content (AvgIpc) is 3.32. The number of hydrogen-bond donors (Lipinski definition) is 2. The Morgan fingerprint density at radius 3 is 2.97 bits per heavy atom. The van der Waals surface area contributed by atoms with E-state index in [0.717, 1.165) is 33.7 Å². The molecule has 0 aliphatic carbocycles. The van der Waals surface area contributed by atoms with Gasteiger partial charge in [-0.2, -0.15) is 5.10 Å². The predicted molar refractivity (Wildman–Crippen MR) is 112 cm³/mol. The van der Waals surface area contributed by atoms with Crippen LogP contribution in [0.25, 0.3) is 22.2 Å². The molecular weight excluding hydrogens is 385 g/mol. The van der Waals surface area contributed by atoms with Crippen molar-refractivity contribution < 1.29 is 9.13 Å². The van der Waals surface area contributed by atoms with Crippen molar-refractivity contribution >= 4 is 16.7 Å². The highest BCUT2D eigenvalue weighted by Gasteiger charge is 2.20. The summed E-state index contributed by atoms with van der Waals surface area (Å²) in [5.41, 5.74) is 4.42. The number of ether oxygens (including phenoxy) is 1. The smallest absolute Gasteiger partial charge is 0.248 e. The minimum Gasteiger partial charge on any atom is -0.493 e. The molecule has 0 unspecified atom stereocenters. The molecule has 1 aromatic carbocycles. The third-order valence-corrected chi connectivity index (χ3v) is 5.42. The summed E-state index contributed by atoms with van der Waals surface area (Å²) in [6.07, 6.45) is 2.39. The summed E-state index contributed by atoms with van der Waals surface area (Å²) < 4.78 is 21.8. The van der Waals surface area contributed by atoms with Crippen LogP contribution in [0.1, 0.15) is 16.8 Å². The minimum atomic E-state index is -0.272. The summed E-state index contributed by atoms with van der Waals surface area (Å²) >= 11 is 0. The van der Waals surface area contributed by atoms with E-state index < -0.39 is 0 Å². The number of fused-ring (bicyclic) bond motifs is 2. The number of aromatic amines is 1. The molecule has 0 radical (unpaired) electrons. The Labute approximate surface area is 171 Å². The third kappa shape index (κ3) is 3.01. The number of nitrogens with zero attached hydrogens (tertiary/aromatic N) is 3. The molecule has 0 bridgehead atoms. The molecule has 3 aromatic heterocycles. The molecular formula is C22H20FN5O2. The lowest BCUT2D eigenvalue weighted by Crippen LogP contribution is -2.09. The van der Waals surface area contributed by atoms with Crippen LogP contribution in [-0.4, -0.2) is 26.4 Å². The molecule has 1 aliphatic heterocycles. The fraction of sp³-hybridized carbons (Fsp3) is 0.227. The monoisotopic (exact) mass is 405 g/mol. The van der Waals surface area contributed by atoms with E-state index in [9.17, 15) is 9.18 Å². The van der Waals surface area contributed by atoms with Crippen molar-refractivity contribution in [2.75, 3.05) is 11.9 Å². The van der Waals surface area contributed by atoms with Crippen molar-refractivity contribution in [1.29, 1.82) is 0 Å². The highest BCUT2D eigenvalue weighted by molar-refractivity contribution is 5.98. The molecule has 4 heterocycles. The maximum atomic E-state index is 14.5. The second kappa shape index (κ2) is 6.98. The molecule has 0 amide bonds. The van der Waals surface area contributed by atoms with E-state index in [1.807, 2.05) is 20.0 Å². The highest BCUT2D eigenvalue weighted by Crippen LogP contribution is 2.32. The number of benzene rings is 1. The van der Waals surface area contributed by atoms with E-state index in [2.05, 4.69) is 20.4 Å². The van der Waals surface area contributed by atoms with Crippen molar-refractivity contribution in [3.8, 4) is 17.0 Å². The first-order valence-electron chi connectivity index (χ1n) is 9.71. The molecule has 7 nitrogen and oxygen atoms in total. The molecule has 0 spiro atoms. The maximum Gasteiger partial charge on any atom is 0.248 e. The quantitative estimate of drug-likeness (QED) is 0.544. The lowest BCUT2D eigenvalue weighted by atomic mass is 10.0. The number of rotatable bonds is 4. The van der Waals surface area contributed by atoms with E-state index in [-0.39, 0.29) is 17.9 Å². The summed E-state index contributed by atoms with van der Waals surface area (Å²) in [6.45, 7) is 2.74. The molecule has 1 aliphatic rings. The van der Waals surface area contributed by atoms with Gasteiger partial charge in [0.2, 0.25) is 5.56 Å². The Bertz CT molecular complexity index is 1340. The second-order valence-electron chi connectivity index (χ2n) is 7.38. The van der Waals surface area contributed by atoms with Crippen LogP contribution in [-0.2, 0) is 20.0 Å². The normalized spacial score (nSPS) is 12.8. The van der Waals surface area contributed by atoms with Crippen LogP contribution in [0.15, 0.2) is 41.3 Å². The Hall–Kier alpha value is -3.68. The lowest BCUT2D eigenvalue weighted by Gasteiger charge is -2.14. The standard InChI is InChI=1S/C22H20FN5O2/c1-12-9-18(28(2)27-12)16-11-25-22(14-3-6-20(29)26-21(14)16)24-10-15-13-7-8-30-19(13)5-4-17(15)23/h3-6,9,11H,7-8,10H2,1-2H3,(H,24,25)(H,26,29). The van der Waals surface area contributed by atoms with Gasteiger partial charge in [0.05, 0.1) is 23.5 Å². The van der Waals surface area contributed by atoms with Crippen LogP contribution in [0.2, 0.25) is 0 Å². The Balaban J connectivity index is 1.57. The zero-order valence-corrected chi connectivity index (χ0v) is 16.6. The largest absolute Gasteiger partial charge is 0.493 e. The van der Waals surface area contributed by atoms with Crippen LogP contribution in [0.5, 0.6) is 5.75 Å². The zero-order valence-electron chi connectivity index (χ0n) is 16.6. The fourth-order valence-electron chi connectivity index (χ4n) is 4.02. The summed E-state index contributed by atoms with van der Waals surface area (Å²) in [5.74, 6) is 1.03. The van der Waals surface area contributed by atoms with Crippen molar-refractivity contribution in [3.05, 3.63) is 69.5 Å². The van der Waals surface area contributed by atoms with Gasteiger partial charge in [0, 0.05) is 54.4 Å². The van der Waals surface area contributed by atoms with Crippen LogP contribution < -0.4 is 15.6 Å². The first kappa shape index (κ1) is 18.4. The van der Waals surface area contributed by atoms with Crippen LogP contribution >= 0.6 is 0 Å². The van der Waals surface area contributed by atoms with Gasteiger partial charge >= 0.3 is 0 Å². The highest BCUT2D eigenvalue weighted by atomic mass is 19.1. The summed E-state index contributed by atoms with van der Waals surface area (Å²) in [4.78, 5) is 19.5. The first-order chi connectivity index (χ1) is 14.5. The van der Waals surface area contributed by atoms with Gasteiger partial charge < -0.3 is 15.0 Å². The number of pyridine rings is 2. The Morgan fingerprint density at radius 1 is 1.30 bits per heavy atom. The van der Waals surface area contributed by atoms with Crippen LogP contribution in [0.3, 0.4) is 0 Å². The molecule has 152 valence electrons. The third-order valence-electron chi connectivity index (χ3n) is 5.42. The molecule has 30 heavy (non-hydrogen) atoms. The van der Waals surface area contributed by atoms with Gasteiger partial charge in [-0.1, -0.05) is 0 Å². The summed E-state index contributed by atoms with van der Waals surface area (Å²) in [6, 6.07) is 8.23. The number of halogens is 1. The second-order valence-corrected chi connectivity index (χ2v) is 7.38. The zero-order chi connectivity index (χ0) is 20.8. The van der Waals surface area contributed by atoms with Gasteiger partial charge in [-0.05, 0) is 31.2 Å². The minimum absolute atomic E-state index is 0.205. The summed E-state index contributed by atoms with van der Waals surface area (Å²) in [5, 5.41) is 8.37. The van der Waals surface area contributed by atoms with Gasteiger partial charge in [0.15, 0.2) is 0 Å². The van der Waals surface area contributed by atoms with Crippen LogP contribution in [0.4, 0.5) is 10.2 Å². The van der Waals surface area contributed by atoms with Gasteiger partial charge in [0.1, 0.15) is 17.4 Å². The fourth-order valence-corrected chi connectivity index (χ4v) is 4.02. The number of aromatic nitrogens is 4. The van der Waals surface area contributed by atoms with Crippen molar-refractivity contribution in [2.24, 2.45) is 7.05 Å².